The number of aromatic hydroxyl groups is 1. The van der Waals surface area contributed by atoms with Crippen molar-refractivity contribution in [3.05, 3.63) is 23.8 Å². The van der Waals surface area contributed by atoms with Gasteiger partial charge in [-0.3, -0.25) is 5.32 Å². The largest absolute Gasteiger partial charge is 0.507 e. The summed E-state index contributed by atoms with van der Waals surface area (Å²) in [7, 11) is 1.57. The summed E-state index contributed by atoms with van der Waals surface area (Å²) in [6.07, 6.45) is 5.43. The van der Waals surface area contributed by atoms with Crippen LogP contribution in [-0.4, -0.2) is 18.3 Å². The molecule has 0 fully saturated rings. The monoisotopic (exact) mass is 233 g/mol. The van der Waals surface area contributed by atoms with Crippen LogP contribution < -0.4 is 10.1 Å². The molecule has 1 rings (SSSR count). The number of ether oxygens (including phenoxy) is 1. The molecule has 0 aromatic heterocycles. The van der Waals surface area contributed by atoms with Gasteiger partial charge in [-0.05, 0) is 12.0 Å². The van der Waals surface area contributed by atoms with E-state index in [4.69, 9.17) is 11.2 Å². The maximum Gasteiger partial charge on any atom is 0.123 e. The van der Waals surface area contributed by atoms with Crippen LogP contribution >= 0.6 is 0 Å². The predicted molar refractivity (Wildman–Crippen MR) is 69.0 cm³/mol. The van der Waals surface area contributed by atoms with E-state index in [1.165, 1.54) is 0 Å². The van der Waals surface area contributed by atoms with Gasteiger partial charge in [-0.2, -0.15) is 0 Å². The summed E-state index contributed by atoms with van der Waals surface area (Å²) in [6, 6.07) is 5.25. The van der Waals surface area contributed by atoms with Gasteiger partial charge < -0.3 is 9.84 Å². The first-order chi connectivity index (χ1) is 8.08. The number of phenols is 1. The van der Waals surface area contributed by atoms with E-state index < -0.39 is 0 Å². The molecule has 0 bridgehead atoms. The third-order valence-corrected chi connectivity index (χ3v) is 2.65. The molecule has 3 nitrogen and oxygen atoms in total. The number of hydrogen-bond donors (Lipinski definition) is 2. The van der Waals surface area contributed by atoms with E-state index in [0.29, 0.717) is 18.2 Å². The lowest BCUT2D eigenvalue weighted by Crippen LogP contribution is -2.31. The van der Waals surface area contributed by atoms with Gasteiger partial charge in [0.05, 0.1) is 13.2 Å². The minimum absolute atomic E-state index is 0.0106. The molecule has 92 valence electrons. The second-order valence-electron chi connectivity index (χ2n) is 4.26. The van der Waals surface area contributed by atoms with E-state index in [1.54, 1.807) is 13.2 Å². The molecule has 0 aliphatic carbocycles. The molecule has 0 aliphatic rings. The van der Waals surface area contributed by atoms with Crippen LogP contribution in [0.3, 0.4) is 0 Å². The molecule has 1 aromatic carbocycles. The van der Waals surface area contributed by atoms with Crippen LogP contribution in [0.25, 0.3) is 0 Å². The Labute approximate surface area is 103 Å². The van der Waals surface area contributed by atoms with Crippen molar-refractivity contribution in [2.75, 3.05) is 7.11 Å². The standard InChI is InChI=1S/C14H19NO2/c1-5-13(10(2)3)15-9-11-6-7-12(17-4)8-14(11)16/h1,6-8,10,13,15-16H,9H2,2-4H3. The van der Waals surface area contributed by atoms with Crippen LogP contribution in [0, 0.1) is 18.3 Å². The molecule has 2 N–H and O–H groups in total. The van der Waals surface area contributed by atoms with E-state index in [9.17, 15) is 5.11 Å². The van der Waals surface area contributed by atoms with Crippen molar-refractivity contribution in [3.63, 3.8) is 0 Å². The van der Waals surface area contributed by atoms with Crippen LogP contribution in [-0.2, 0) is 6.54 Å². The van der Waals surface area contributed by atoms with Gasteiger partial charge in [-0.25, -0.2) is 0 Å². The first-order valence-corrected chi connectivity index (χ1v) is 5.64. The molecule has 0 aliphatic heterocycles. The average molecular weight is 233 g/mol. The van der Waals surface area contributed by atoms with Gasteiger partial charge in [0.2, 0.25) is 0 Å². The normalized spacial score (nSPS) is 12.2. The van der Waals surface area contributed by atoms with E-state index >= 15 is 0 Å². The van der Waals surface area contributed by atoms with Gasteiger partial charge in [0.15, 0.2) is 0 Å². The summed E-state index contributed by atoms with van der Waals surface area (Å²) < 4.78 is 5.02. The fraction of sp³-hybridized carbons (Fsp3) is 0.429. The highest BCUT2D eigenvalue weighted by Crippen LogP contribution is 2.23. The minimum atomic E-state index is 0.0106. The molecule has 1 unspecified atom stereocenters. The second kappa shape index (κ2) is 6.17. The Morgan fingerprint density at radius 3 is 2.65 bits per heavy atom. The summed E-state index contributed by atoms with van der Waals surface area (Å²) >= 11 is 0. The van der Waals surface area contributed by atoms with Crippen molar-refractivity contribution >= 4 is 0 Å². The number of phenolic OH excluding ortho intramolecular Hbond substituents is 1. The molecular weight excluding hydrogens is 214 g/mol. The van der Waals surface area contributed by atoms with Gasteiger partial charge in [0, 0.05) is 18.2 Å². The summed E-state index contributed by atoms with van der Waals surface area (Å²) in [4.78, 5) is 0. The van der Waals surface area contributed by atoms with E-state index in [1.807, 2.05) is 12.1 Å². The molecule has 0 saturated heterocycles. The van der Waals surface area contributed by atoms with Gasteiger partial charge in [-0.1, -0.05) is 25.8 Å². The van der Waals surface area contributed by atoms with E-state index in [-0.39, 0.29) is 11.8 Å². The molecule has 3 heteroatoms. The smallest absolute Gasteiger partial charge is 0.123 e. The van der Waals surface area contributed by atoms with Gasteiger partial charge in [0.25, 0.3) is 0 Å². The van der Waals surface area contributed by atoms with Crippen molar-refractivity contribution in [1.82, 2.24) is 5.32 Å². The number of hydrogen-bond acceptors (Lipinski definition) is 3. The molecule has 0 amide bonds. The van der Waals surface area contributed by atoms with Crippen LogP contribution in [0.1, 0.15) is 19.4 Å². The zero-order chi connectivity index (χ0) is 12.8. The van der Waals surface area contributed by atoms with E-state index in [2.05, 4.69) is 25.1 Å². The van der Waals surface area contributed by atoms with Crippen molar-refractivity contribution in [2.24, 2.45) is 5.92 Å². The Balaban J connectivity index is 2.67. The third kappa shape index (κ3) is 3.69. The molecule has 17 heavy (non-hydrogen) atoms. The zero-order valence-electron chi connectivity index (χ0n) is 10.5. The van der Waals surface area contributed by atoms with Gasteiger partial charge in [0.1, 0.15) is 11.5 Å². The molecule has 0 saturated carbocycles. The summed E-state index contributed by atoms with van der Waals surface area (Å²) in [5.41, 5.74) is 0.812. The highest BCUT2D eigenvalue weighted by atomic mass is 16.5. The number of nitrogens with one attached hydrogen (secondary N) is 1. The molecule has 1 atom stereocenters. The van der Waals surface area contributed by atoms with Crippen molar-refractivity contribution < 1.29 is 9.84 Å². The van der Waals surface area contributed by atoms with Crippen LogP contribution in [0.5, 0.6) is 11.5 Å². The lowest BCUT2D eigenvalue weighted by Gasteiger charge is -2.17. The Morgan fingerprint density at radius 1 is 1.47 bits per heavy atom. The third-order valence-electron chi connectivity index (χ3n) is 2.65. The zero-order valence-corrected chi connectivity index (χ0v) is 10.5. The maximum atomic E-state index is 9.78. The first-order valence-electron chi connectivity index (χ1n) is 5.64. The number of benzene rings is 1. The highest BCUT2D eigenvalue weighted by molar-refractivity contribution is 5.39. The fourth-order valence-corrected chi connectivity index (χ4v) is 1.53. The van der Waals surface area contributed by atoms with Crippen molar-refractivity contribution in [1.29, 1.82) is 0 Å². The lowest BCUT2D eigenvalue weighted by molar-refractivity contribution is 0.404. The Bertz CT molecular complexity index is 407. The molecular formula is C14H19NO2. The highest BCUT2D eigenvalue weighted by Gasteiger charge is 2.10. The summed E-state index contributed by atoms with van der Waals surface area (Å²) in [6.45, 7) is 4.67. The number of terminal acetylenes is 1. The van der Waals surface area contributed by atoms with Gasteiger partial charge >= 0.3 is 0 Å². The van der Waals surface area contributed by atoms with Crippen molar-refractivity contribution in [2.45, 2.75) is 26.4 Å². The van der Waals surface area contributed by atoms with Crippen LogP contribution in [0.2, 0.25) is 0 Å². The van der Waals surface area contributed by atoms with Crippen LogP contribution in [0.15, 0.2) is 18.2 Å². The average Bonchev–Trinajstić information content (AvgIpc) is 2.31. The molecule has 0 heterocycles. The maximum absolute atomic E-state index is 9.78. The Morgan fingerprint density at radius 2 is 2.18 bits per heavy atom. The Kier molecular flexibility index (Phi) is 4.86. The van der Waals surface area contributed by atoms with Crippen LogP contribution in [0.4, 0.5) is 0 Å². The van der Waals surface area contributed by atoms with Gasteiger partial charge in [-0.15, -0.1) is 6.42 Å². The number of rotatable bonds is 5. The molecule has 0 spiro atoms. The minimum Gasteiger partial charge on any atom is -0.507 e. The Hall–Kier alpha value is -1.66. The second-order valence-corrected chi connectivity index (χ2v) is 4.26. The summed E-state index contributed by atoms with van der Waals surface area (Å²) in [5.74, 6) is 3.92. The predicted octanol–water partition coefficient (Wildman–Crippen LogP) is 2.15. The van der Waals surface area contributed by atoms with E-state index in [0.717, 1.165) is 5.56 Å². The summed E-state index contributed by atoms with van der Waals surface area (Å²) in [5, 5.41) is 13.0. The quantitative estimate of drug-likeness (QED) is 0.766. The molecule has 1 aromatic rings. The fourth-order valence-electron chi connectivity index (χ4n) is 1.53. The lowest BCUT2D eigenvalue weighted by atomic mass is 10.0. The molecule has 0 radical (unpaired) electrons. The SMILES string of the molecule is C#CC(NCc1ccc(OC)cc1O)C(C)C. The first kappa shape index (κ1) is 13.4. The van der Waals surface area contributed by atoms with Crippen molar-refractivity contribution in [3.8, 4) is 23.8 Å². The number of methoxy groups -OCH3 is 1. The topological polar surface area (TPSA) is 41.5 Å².